The zero-order chi connectivity index (χ0) is 11.7. The van der Waals surface area contributed by atoms with E-state index in [1.165, 1.54) is 58.0 Å². The predicted octanol–water partition coefficient (Wildman–Crippen LogP) is 1.51. The van der Waals surface area contributed by atoms with Crippen molar-refractivity contribution in [2.75, 3.05) is 13.1 Å². The largest absolute Gasteiger partial charge is 0.391 e. The van der Waals surface area contributed by atoms with Gasteiger partial charge in [0.15, 0.2) is 0 Å². The Kier molecular flexibility index (Phi) is 3.69. The minimum absolute atomic E-state index is 0.0563. The molecular weight excluding hydrogens is 212 g/mol. The summed E-state index contributed by atoms with van der Waals surface area (Å²) in [6.07, 6.45) is 10.1. The molecule has 3 rings (SSSR count). The maximum Gasteiger partial charge on any atom is 0.0695 e. The van der Waals surface area contributed by atoms with E-state index in [0.29, 0.717) is 12.1 Å². The highest BCUT2D eigenvalue weighted by Crippen LogP contribution is 2.35. The number of rotatable bonds is 4. The van der Waals surface area contributed by atoms with Crippen LogP contribution < -0.4 is 5.32 Å². The smallest absolute Gasteiger partial charge is 0.0695 e. The van der Waals surface area contributed by atoms with Gasteiger partial charge in [-0.2, -0.15) is 0 Å². The van der Waals surface area contributed by atoms with Crippen LogP contribution >= 0.6 is 0 Å². The van der Waals surface area contributed by atoms with Gasteiger partial charge in [-0.3, -0.25) is 4.90 Å². The van der Waals surface area contributed by atoms with Crippen LogP contribution in [0.4, 0.5) is 0 Å². The molecule has 3 unspecified atom stereocenters. The van der Waals surface area contributed by atoms with E-state index in [0.717, 1.165) is 12.5 Å². The minimum Gasteiger partial charge on any atom is -0.391 e. The van der Waals surface area contributed by atoms with Crippen molar-refractivity contribution < 1.29 is 5.11 Å². The van der Waals surface area contributed by atoms with Crippen molar-refractivity contribution in [3.63, 3.8) is 0 Å². The lowest BCUT2D eigenvalue weighted by atomic mass is 10.0. The Morgan fingerprint density at radius 2 is 1.88 bits per heavy atom. The van der Waals surface area contributed by atoms with E-state index < -0.39 is 0 Å². The van der Waals surface area contributed by atoms with Crippen molar-refractivity contribution in [3.8, 4) is 0 Å². The summed E-state index contributed by atoms with van der Waals surface area (Å²) >= 11 is 0. The molecule has 3 fully saturated rings. The molecule has 2 N–H and O–H groups in total. The van der Waals surface area contributed by atoms with Gasteiger partial charge in [-0.25, -0.2) is 0 Å². The lowest BCUT2D eigenvalue weighted by Gasteiger charge is -2.36. The van der Waals surface area contributed by atoms with Gasteiger partial charge >= 0.3 is 0 Å². The average Bonchev–Trinajstić information content (AvgIpc) is 3.11. The second kappa shape index (κ2) is 5.25. The molecule has 1 aliphatic heterocycles. The zero-order valence-electron chi connectivity index (χ0n) is 10.8. The van der Waals surface area contributed by atoms with Crippen LogP contribution in [-0.2, 0) is 0 Å². The fourth-order valence-electron chi connectivity index (χ4n) is 3.60. The number of nitrogens with zero attached hydrogens (tertiary/aromatic N) is 1. The first-order valence-corrected chi connectivity index (χ1v) is 7.52. The molecule has 1 saturated heterocycles. The molecule has 3 aliphatic rings. The van der Waals surface area contributed by atoms with E-state index in [9.17, 15) is 5.11 Å². The molecule has 0 spiro atoms. The summed E-state index contributed by atoms with van der Waals surface area (Å²) in [6, 6.07) is 1.93. The molecule has 2 aliphatic carbocycles. The summed E-state index contributed by atoms with van der Waals surface area (Å²) in [7, 11) is 0. The van der Waals surface area contributed by atoms with E-state index in [1.54, 1.807) is 0 Å². The number of nitrogens with one attached hydrogen (secondary N) is 1. The monoisotopic (exact) mass is 238 g/mol. The first-order chi connectivity index (χ1) is 8.34. The molecule has 0 bridgehead atoms. The maximum atomic E-state index is 10.1. The topological polar surface area (TPSA) is 35.5 Å². The quantitative estimate of drug-likeness (QED) is 0.779. The third-order valence-electron chi connectivity index (χ3n) is 4.73. The average molecular weight is 238 g/mol. The fourth-order valence-corrected chi connectivity index (χ4v) is 3.60. The molecule has 2 saturated carbocycles. The Morgan fingerprint density at radius 3 is 2.47 bits per heavy atom. The lowest BCUT2D eigenvalue weighted by molar-refractivity contribution is 0.0569. The Bertz CT molecular complexity index is 249. The molecule has 0 aromatic rings. The standard InChI is InChI=1S/C14H26N2O/c17-14-6-3-5-13(14)16(12-7-8-12)10-11-4-1-2-9-15-11/h11-15,17H,1-10H2. The summed E-state index contributed by atoms with van der Waals surface area (Å²) in [5.41, 5.74) is 0. The Labute approximate surface area is 105 Å². The van der Waals surface area contributed by atoms with Crippen LogP contribution in [0.15, 0.2) is 0 Å². The summed E-state index contributed by atoms with van der Waals surface area (Å²) in [4.78, 5) is 2.64. The van der Waals surface area contributed by atoms with Crippen LogP contribution in [0.5, 0.6) is 0 Å². The number of piperidine rings is 1. The van der Waals surface area contributed by atoms with E-state index >= 15 is 0 Å². The predicted molar refractivity (Wildman–Crippen MR) is 69.0 cm³/mol. The van der Waals surface area contributed by atoms with Crippen molar-refractivity contribution in [2.24, 2.45) is 0 Å². The maximum absolute atomic E-state index is 10.1. The van der Waals surface area contributed by atoms with Crippen LogP contribution in [0, 0.1) is 0 Å². The van der Waals surface area contributed by atoms with Gasteiger partial charge in [0.2, 0.25) is 0 Å². The van der Waals surface area contributed by atoms with Gasteiger partial charge in [-0.15, -0.1) is 0 Å². The molecule has 0 amide bonds. The van der Waals surface area contributed by atoms with E-state index in [-0.39, 0.29) is 6.10 Å². The normalized spacial score (nSPS) is 38.8. The van der Waals surface area contributed by atoms with Crippen LogP contribution in [0.2, 0.25) is 0 Å². The molecule has 0 radical (unpaired) electrons. The highest BCUT2D eigenvalue weighted by atomic mass is 16.3. The second-order valence-corrected chi connectivity index (χ2v) is 6.14. The summed E-state index contributed by atoms with van der Waals surface area (Å²) in [5.74, 6) is 0. The first-order valence-electron chi connectivity index (χ1n) is 7.52. The molecule has 98 valence electrons. The molecule has 17 heavy (non-hydrogen) atoms. The van der Waals surface area contributed by atoms with Crippen molar-refractivity contribution in [1.82, 2.24) is 10.2 Å². The second-order valence-electron chi connectivity index (χ2n) is 6.14. The van der Waals surface area contributed by atoms with Gasteiger partial charge in [0.25, 0.3) is 0 Å². The molecular formula is C14H26N2O. The molecule has 3 atom stereocenters. The van der Waals surface area contributed by atoms with E-state index in [4.69, 9.17) is 0 Å². The Balaban J connectivity index is 1.59. The highest BCUT2D eigenvalue weighted by Gasteiger charge is 2.39. The number of aliphatic hydroxyl groups is 1. The first kappa shape index (κ1) is 11.9. The van der Waals surface area contributed by atoms with Gasteiger partial charge in [0.1, 0.15) is 0 Å². The summed E-state index contributed by atoms with van der Waals surface area (Å²) in [5, 5.41) is 13.8. The fraction of sp³-hybridized carbons (Fsp3) is 1.00. The van der Waals surface area contributed by atoms with Crippen LogP contribution in [-0.4, -0.2) is 47.3 Å². The van der Waals surface area contributed by atoms with Crippen LogP contribution in [0.3, 0.4) is 0 Å². The minimum atomic E-state index is -0.0563. The number of hydrogen-bond donors (Lipinski definition) is 2. The molecule has 3 heteroatoms. The molecule has 0 aromatic carbocycles. The van der Waals surface area contributed by atoms with Crippen molar-refractivity contribution >= 4 is 0 Å². The van der Waals surface area contributed by atoms with Gasteiger partial charge in [0.05, 0.1) is 6.10 Å². The van der Waals surface area contributed by atoms with Gasteiger partial charge in [-0.1, -0.05) is 6.42 Å². The number of aliphatic hydroxyl groups excluding tert-OH is 1. The van der Waals surface area contributed by atoms with Gasteiger partial charge in [0, 0.05) is 24.7 Å². The highest BCUT2D eigenvalue weighted by molar-refractivity contribution is 4.96. The summed E-state index contributed by atoms with van der Waals surface area (Å²) in [6.45, 7) is 2.36. The number of hydrogen-bond acceptors (Lipinski definition) is 3. The molecule has 3 nitrogen and oxygen atoms in total. The van der Waals surface area contributed by atoms with E-state index in [1.807, 2.05) is 0 Å². The molecule has 0 aromatic heterocycles. The molecule has 1 heterocycles. The van der Waals surface area contributed by atoms with Gasteiger partial charge < -0.3 is 10.4 Å². The lowest BCUT2D eigenvalue weighted by Crippen LogP contribution is -2.50. The van der Waals surface area contributed by atoms with Crippen molar-refractivity contribution in [2.45, 2.75) is 75.6 Å². The Morgan fingerprint density at radius 1 is 1.00 bits per heavy atom. The third kappa shape index (κ3) is 2.83. The van der Waals surface area contributed by atoms with Crippen LogP contribution in [0.25, 0.3) is 0 Å². The van der Waals surface area contributed by atoms with Crippen LogP contribution in [0.1, 0.15) is 51.4 Å². The zero-order valence-corrected chi connectivity index (χ0v) is 10.8. The SMILES string of the molecule is OC1CCCC1N(CC1CCCCN1)C1CC1. The summed E-state index contributed by atoms with van der Waals surface area (Å²) < 4.78 is 0. The van der Waals surface area contributed by atoms with Crippen molar-refractivity contribution in [1.29, 1.82) is 0 Å². The van der Waals surface area contributed by atoms with Gasteiger partial charge in [-0.05, 0) is 51.5 Å². The van der Waals surface area contributed by atoms with E-state index in [2.05, 4.69) is 10.2 Å². The Hall–Kier alpha value is -0.120. The third-order valence-corrected chi connectivity index (χ3v) is 4.73. The van der Waals surface area contributed by atoms with Crippen molar-refractivity contribution in [3.05, 3.63) is 0 Å².